The number of hydrogen-bond acceptors (Lipinski definition) is 3. The first-order chi connectivity index (χ1) is 15.8. The molecule has 0 saturated heterocycles. The standard InChI is InChI=1S/C27H39F3O3/c1-2-3-4-5-6-7-20-8-10-21(11-9-20)22-12-14-23(15-13-22)26(31)32-24-16-18-25(19-17-24)33-27(28,29)30/h16-23H,2-15H2,1H3. The van der Waals surface area contributed by atoms with Crippen LogP contribution in [0.25, 0.3) is 0 Å². The summed E-state index contributed by atoms with van der Waals surface area (Å²) in [5.74, 6) is 1.98. The molecule has 1 aromatic rings. The Morgan fingerprint density at radius 2 is 1.36 bits per heavy atom. The van der Waals surface area contributed by atoms with E-state index in [1.54, 1.807) is 0 Å². The monoisotopic (exact) mass is 468 g/mol. The van der Waals surface area contributed by atoms with Crippen molar-refractivity contribution >= 4 is 5.97 Å². The van der Waals surface area contributed by atoms with Gasteiger partial charge >= 0.3 is 12.3 Å². The average molecular weight is 469 g/mol. The number of benzene rings is 1. The van der Waals surface area contributed by atoms with Crippen molar-refractivity contribution in [3.63, 3.8) is 0 Å². The van der Waals surface area contributed by atoms with Crippen LogP contribution in [0.15, 0.2) is 24.3 Å². The normalized spacial score (nSPS) is 26.1. The minimum Gasteiger partial charge on any atom is -0.426 e. The van der Waals surface area contributed by atoms with Crippen LogP contribution in [-0.4, -0.2) is 12.3 Å². The van der Waals surface area contributed by atoms with E-state index < -0.39 is 6.36 Å². The van der Waals surface area contributed by atoms with E-state index in [1.807, 2.05) is 0 Å². The van der Waals surface area contributed by atoms with Crippen LogP contribution in [0.2, 0.25) is 0 Å². The fourth-order valence-corrected chi connectivity index (χ4v) is 5.72. The van der Waals surface area contributed by atoms with Crippen LogP contribution >= 0.6 is 0 Å². The lowest BCUT2D eigenvalue weighted by Gasteiger charge is -2.37. The topological polar surface area (TPSA) is 35.5 Å². The van der Waals surface area contributed by atoms with E-state index >= 15 is 0 Å². The zero-order chi connectivity index (χ0) is 23.7. The molecule has 0 aliphatic heterocycles. The second-order valence-electron chi connectivity index (χ2n) is 10.0. The molecule has 0 radical (unpaired) electrons. The Balaban J connectivity index is 1.34. The summed E-state index contributed by atoms with van der Waals surface area (Å²) in [4.78, 5) is 12.5. The summed E-state index contributed by atoms with van der Waals surface area (Å²) in [6, 6.07) is 5.00. The van der Waals surface area contributed by atoms with E-state index in [0.717, 1.165) is 55.6 Å². The third-order valence-corrected chi connectivity index (χ3v) is 7.65. The van der Waals surface area contributed by atoms with Crippen molar-refractivity contribution in [2.45, 2.75) is 103 Å². The van der Waals surface area contributed by atoms with Crippen molar-refractivity contribution < 1.29 is 27.4 Å². The molecule has 0 amide bonds. The quantitative estimate of drug-likeness (QED) is 0.196. The van der Waals surface area contributed by atoms with Gasteiger partial charge in [0, 0.05) is 0 Å². The molecule has 1 aromatic carbocycles. The summed E-state index contributed by atoms with van der Waals surface area (Å²) < 4.78 is 46.0. The van der Waals surface area contributed by atoms with Gasteiger partial charge in [0.1, 0.15) is 11.5 Å². The molecule has 2 fully saturated rings. The summed E-state index contributed by atoms with van der Waals surface area (Å²) in [5.41, 5.74) is 0. The summed E-state index contributed by atoms with van der Waals surface area (Å²) in [5, 5.41) is 0. The predicted octanol–water partition coefficient (Wildman–Crippen LogP) is 8.46. The van der Waals surface area contributed by atoms with Gasteiger partial charge in [0.2, 0.25) is 0 Å². The number of carbonyl (C=O) groups is 1. The zero-order valence-corrected chi connectivity index (χ0v) is 19.9. The molecule has 0 heterocycles. The molecule has 3 rings (SSSR count). The Hall–Kier alpha value is -1.72. The van der Waals surface area contributed by atoms with Gasteiger partial charge in [-0.3, -0.25) is 4.79 Å². The van der Waals surface area contributed by atoms with Crippen molar-refractivity contribution in [1.29, 1.82) is 0 Å². The Bertz CT molecular complexity index is 700. The van der Waals surface area contributed by atoms with Gasteiger partial charge in [-0.1, -0.05) is 58.3 Å². The lowest BCUT2D eigenvalue weighted by molar-refractivity contribution is -0.274. The van der Waals surface area contributed by atoms with Crippen LogP contribution in [-0.2, 0) is 4.79 Å². The molecule has 0 unspecified atom stereocenters. The van der Waals surface area contributed by atoms with Crippen molar-refractivity contribution in [3.05, 3.63) is 24.3 Å². The first-order valence-electron chi connectivity index (χ1n) is 12.9. The molecule has 186 valence electrons. The second-order valence-corrected chi connectivity index (χ2v) is 10.0. The molecule has 0 atom stereocenters. The number of rotatable bonds is 10. The van der Waals surface area contributed by atoms with E-state index in [0.29, 0.717) is 0 Å². The highest BCUT2D eigenvalue weighted by molar-refractivity contribution is 5.75. The fraction of sp³-hybridized carbons (Fsp3) is 0.741. The van der Waals surface area contributed by atoms with Gasteiger partial charge in [0.15, 0.2) is 0 Å². The van der Waals surface area contributed by atoms with Gasteiger partial charge in [-0.15, -0.1) is 13.2 Å². The second kappa shape index (κ2) is 12.7. The van der Waals surface area contributed by atoms with Gasteiger partial charge in [0.05, 0.1) is 5.92 Å². The number of esters is 1. The molecule has 6 heteroatoms. The highest BCUT2D eigenvalue weighted by Crippen LogP contribution is 2.42. The van der Waals surface area contributed by atoms with Crippen LogP contribution in [0.3, 0.4) is 0 Å². The Labute approximate surface area is 196 Å². The number of ether oxygens (including phenoxy) is 2. The molecular formula is C27H39F3O3. The van der Waals surface area contributed by atoms with Gasteiger partial charge in [-0.25, -0.2) is 0 Å². The van der Waals surface area contributed by atoms with E-state index in [4.69, 9.17) is 4.74 Å². The van der Waals surface area contributed by atoms with E-state index in [-0.39, 0.29) is 23.4 Å². The van der Waals surface area contributed by atoms with E-state index in [1.165, 1.54) is 76.3 Å². The third kappa shape index (κ3) is 8.86. The minimum absolute atomic E-state index is 0.119. The van der Waals surface area contributed by atoms with E-state index in [2.05, 4.69) is 11.7 Å². The van der Waals surface area contributed by atoms with Crippen molar-refractivity contribution in [3.8, 4) is 11.5 Å². The molecule has 33 heavy (non-hydrogen) atoms. The lowest BCUT2D eigenvalue weighted by Crippen LogP contribution is -2.30. The largest absolute Gasteiger partial charge is 0.573 e. The number of unbranched alkanes of at least 4 members (excludes halogenated alkanes) is 4. The van der Waals surface area contributed by atoms with Gasteiger partial charge in [0.25, 0.3) is 0 Å². The molecule has 0 spiro atoms. The Kier molecular flexibility index (Phi) is 9.94. The van der Waals surface area contributed by atoms with Crippen LogP contribution < -0.4 is 9.47 Å². The Morgan fingerprint density at radius 3 is 1.94 bits per heavy atom. The fourth-order valence-electron chi connectivity index (χ4n) is 5.72. The molecule has 0 N–H and O–H groups in total. The van der Waals surface area contributed by atoms with Crippen LogP contribution in [0.4, 0.5) is 13.2 Å². The first-order valence-corrected chi connectivity index (χ1v) is 12.9. The molecule has 2 saturated carbocycles. The van der Waals surface area contributed by atoms with Crippen molar-refractivity contribution in [2.24, 2.45) is 23.7 Å². The maximum Gasteiger partial charge on any atom is 0.573 e. The number of halogens is 3. The molecule has 0 aromatic heterocycles. The van der Waals surface area contributed by atoms with Gasteiger partial charge in [-0.05, 0) is 80.5 Å². The van der Waals surface area contributed by atoms with Crippen molar-refractivity contribution in [1.82, 2.24) is 0 Å². The SMILES string of the molecule is CCCCCCCC1CCC(C2CCC(C(=O)Oc3ccc(OC(F)(F)F)cc3)CC2)CC1. The van der Waals surface area contributed by atoms with Crippen LogP contribution in [0.5, 0.6) is 11.5 Å². The summed E-state index contributed by atoms with van der Waals surface area (Å²) in [6.45, 7) is 2.26. The van der Waals surface area contributed by atoms with E-state index in [9.17, 15) is 18.0 Å². The smallest absolute Gasteiger partial charge is 0.426 e. The van der Waals surface area contributed by atoms with Gasteiger partial charge in [-0.2, -0.15) is 0 Å². The molecule has 2 aliphatic carbocycles. The van der Waals surface area contributed by atoms with Crippen molar-refractivity contribution in [2.75, 3.05) is 0 Å². The maximum absolute atomic E-state index is 12.5. The summed E-state index contributed by atoms with van der Waals surface area (Å²) >= 11 is 0. The predicted molar refractivity (Wildman–Crippen MR) is 123 cm³/mol. The van der Waals surface area contributed by atoms with Crippen LogP contribution in [0.1, 0.15) is 96.8 Å². The highest BCUT2D eigenvalue weighted by atomic mass is 19.4. The molecule has 2 aliphatic rings. The van der Waals surface area contributed by atoms with Crippen LogP contribution in [0, 0.1) is 23.7 Å². The third-order valence-electron chi connectivity index (χ3n) is 7.65. The highest BCUT2D eigenvalue weighted by Gasteiger charge is 2.34. The average Bonchev–Trinajstić information content (AvgIpc) is 2.80. The zero-order valence-electron chi connectivity index (χ0n) is 19.9. The molecule has 0 bridgehead atoms. The number of alkyl halides is 3. The molecular weight excluding hydrogens is 429 g/mol. The minimum atomic E-state index is -4.73. The summed E-state index contributed by atoms with van der Waals surface area (Å²) in [7, 11) is 0. The molecule has 3 nitrogen and oxygen atoms in total. The maximum atomic E-state index is 12.5. The number of hydrogen-bond donors (Lipinski definition) is 0. The van der Waals surface area contributed by atoms with Gasteiger partial charge < -0.3 is 9.47 Å². The number of carbonyl (C=O) groups excluding carboxylic acids is 1. The summed E-state index contributed by atoms with van der Waals surface area (Å²) in [6.07, 6.45) is 12.8. The Morgan fingerprint density at radius 1 is 0.818 bits per heavy atom. The lowest BCUT2D eigenvalue weighted by atomic mass is 9.68. The first kappa shape index (κ1) is 25.9.